The van der Waals surface area contributed by atoms with E-state index in [0.717, 1.165) is 36.6 Å². The van der Waals surface area contributed by atoms with Gasteiger partial charge in [-0.25, -0.2) is 4.98 Å². The third-order valence-corrected chi connectivity index (χ3v) is 4.04. The lowest BCUT2D eigenvalue weighted by atomic mass is 9.86. The van der Waals surface area contributed by atoms with Crippen LogP contribution in [0, 0.1) is 12.3 Å². The molecule has 0 amide bonds. The number of nitrogen functional groups attached to an aromatic ring is 2. The Morgan fingerprint density at radius 2 is 1.57 bits per heavy atom. The van der Waals surface area contributed by atoms with E-state index in [2.05, 4.69) is 15.9 Å². The van der Waals surface area contributed by atoms with Crippen molar-refractivity contribution in [3.05, 3.63) is 46.6 Å². The van der Waals surface area contributed by atoms with E-state index in [-0.39, 0.29) is 17.9 Å². The van der Waals surface area contributed by atoms with Crippen molar-refractivity contribution >= 4 is 11.8 Å². The van der Waals surface area contributed by atoms with Crippen LogP contribution in [-0.2, 0) is 18.8 Å². The average molecular weight is 402 g/mol. The predicted molar refractivity (Wildman–Crippen MR) is 91.8 cm³/mol. The molecule has 1 atom stereocenters. The van der Waals surface area contributed by atoms with E-state index in [9.17, 15) is 26.3 Å². The van der Waals surface area contributed by atoms with Crippen molar-refractivity contribution in [2.24, 2.45) is 0 Å². The second kappa shape index (κ2) is 7.96. The van der Waals surface area contributed by atoms with Gasteiger partial charge in [-0.05, 0) is 37.5 Å². The molecule has 1 aliphatic carbocycles. The summed E-state index contributed by atoms with van der Waals surface area (Å²) in [7, 11) is 0. The molecule has 0 saturated heterocycles. The number of nitrogens with two attached hydrogens (primary N) is 2. The first kappa shape index (κ1) is 21.3. The minimum Gasteiger partial charge on any atom is -0.383 e. The molecule has 3 rings (SSSR count). The quantitative estimate of drug-likeness (QED) is 0.505. The Labute approximate surface area is 157 Å². The number of benzene rings is 1. The number of alkyl halides is 6. The van der Waals surface area contributed by atoms with E-state index in [4.69, 9.17) is 17.9 Å². The van der Waals surface area contributed by atoms with Crippen LogP contribution in [0.15, 0.2) is 24.3 Å². The van der Waals surface area contributed by atoms with Gasteiger partial charge >= 0.3 is 12.4 Å². The van der Waals surface area contributed by atoms with Gasteiger partial charge in [0.15, 0.2) is 0 Å². The molecule has 10 heteroatoms. The van der Waals surface area contributed by atoms with Gasteiger partial charge < -0.3 is 11.5 Å². The fourth-order valence-electron chi connectivity index (χ4n) is 2.78. The minimum atomic E-state index is -4.75. The molecule has 0 radical (unpaired) electrons. The maximum absolute atomic E-state index is 12.0. The van der Waals surface area contributed by atoms with E-state index in [1.807, 2.05) is 0 Å². The Morgan fingerprint density at radius 1 is 1.00 bits per heavy atom. The van der Waals surface area contributed by atoms with Gasteiger partial charge in [0.2, 0.25) is 5.95 Å². The van der Waals surface area contributed by atoms with Crippen molar-refractivity contribution in [2.45, 2.75) is 37.5 Å². The molecule has 2 aromatic rings. The number of nitrogens with zero attached hydrogens (tertiary/aromatic N) is 2. The van der Waals surface area contributed by atoms with Gasteiger partial charge in [0.25, 0.3) is 0 Å². The first-order chi connectivity index (χ1) is 12.9. The monoisotopic (exact) mass is 402 g/mol. The Kier molecular flexibility index (Phi) is 6.07. The molecule has 1 aliphatic rings. The van der Waals surface area contributed by atoms with E-state index in [0.29, 0.717) is 18.0 Å². The summed E-state index contributed by atoms with van der Waals surface area (Å²) in [6.07, 6.45) is -1.17. The lowest BCUT2D eigenvalue weighted by Gasteiger charge is -2.21. The number of fused-ring (bicyclic) bond motifs is 1. The number of hydrogen-bond acceptors (Lipinski definition) is 4. The zero-order valence-electron chi connectivity index (χ0n) is 14.4. The molecule has 1 aromatic carbocycles. The molecule has 4 N–H and O–H groups in total. The number of aromatic nitrogens is 2. The molecule has 28 heavy (non-hydrogen) atoms. The highest BCUT2D eigenvalue weighted by Gasteiger charge is 2.35. The average Bonchev–Trinajstić information content (AvgIpc) is 2.60. The van der Waals surface area contributed by atoms with Crippen LogP contribution in [0.2, 0.25) is 0 Å². The highest BCUT2D eigenvalue weighted by atomic mass is 19.4. The molecular weight excluding hydrogens is 386 g/mol. The third kappa shape index (κ3) is 5.06. The molecule has 0 spiro atoms. The summed E-state index contributed by atoms with van der Waals surface area (Å²) in [5.74, 6) is 3.45. The normalized spacial score (nSPS) is 16.4. The van der Waals surface area contributed by atoms with Crippen LogP contribution in [0.4, 0.5) is 38.1 Å². The molecule has 0 fully saturated rings. The minimum absolute atomic E-state index is 0.0550. The number of rotatable bonds is 0. The molecular formula is C18H16F6N4. The molecule has 1 unspecified atom stereocenters. The zero-order chi connectivity index (χ0) is 21.1. The molecule has 1 heterocycles. The fraction of sp³-hybridized carbons (Fsp3) is 0.333. The molecule has 4 nitrogen and oxygen atoms in total. The second-order valence-corrected chi connectivity index (χ2v) is 6.02. The van der Waals surface area contributed by atoms with Gasteiger partial charge in [-0.15, -0.1) is 6.42 Å². The predicted octanol–water partition coefficient (Wildman–Crippen LogP) is 4.42. The van der Waals surface area contributed by atoms with Crippen LogP contribution in [0.3, 0.4) is 0 Å². The van der Waals surface area contributed by atoms with Crippen LogP contribution in [0.5, 0.6) is 0 Å². The zero-order valence-corrected chi connectivity index (χ0v) is 14.4. The summed E-state index contributed by atoms with van der Waals surface area (Å²) in [6, 6.07) is 2.00. The summed E-state index contributed by atoms with van der Waals surface area (Å²) >= 11 is 0. The Bertz CT molecular complexity index is 854. The number of aryl methyl sites for hydroxylation is 1. The van der Waals surface area contributed by atoms with Gasteiger partial charge in [-0.3, -0.25) is 0 Å². The highest BCUT2D eigenvalue weighted by molar-refractivity contribution is 5.51. The number of hydrogen-bond donors (Lipinski definition) is 2. The summed E-state index contributed by atoms with van der Waals surface area (Å²) in [6.45, 7) is 0. The van der Waals surface area contributed by atoms with Gasteiger partial charge in [0, 0.05) is 5.56 Å². The molecule has 0 saturated carbocycles. The van der Waals surface area contributed by atoms with Gasteiger partial charge in [0.1, 0.15) is 5.82 Å². The standard InChI is InChI=1S/C10H12N4.C8H4F6/c1-2-6-4-3-5-7-8(6)9(11)14-10(12)13-7;9-7(10,11)5-2-1-3-6(4-5)8(12,13)14/h1,6H,3-5H2,(H4,11,12,13,14);1-4H. The van der Waals surface area contributed by atoms with Crippen LogP contribution in [0.25, 0.3) is 0 Å². The van der Waals surface area contributed by atoms with E-state index in [1.165, 1.54) is 0 Å². The Hall–Kier alpha value is -2.96. The second-order valence-electron chi connectivity index (χ2n) is 6.02. The van der Waals surface area contributed by atoms with Crippen molar-refractivity contribution in [2.75, 3.05) is 11.5 Å². The Balaban J connectivity index is 0.000000200. The van der Waals surface area contributed by atoms with Crippen molar-refractivity contribution < 1.29 is 26.3 Å². The largest absolute Gasteiger partial charge is 0.416 e. The number of halogens is 6. The van der Waals surface area contributed by atoms with Gasteiger partial charge in [0.05, 0.1) is 22.7 Å². The van der Waals surface area contributed by atoms with Crippen LogP contribution < -0.4 is 11.5 Å². The Morgan fingerprint density at radius 3 is 2.07 bits per heavy atom. The van der Waals surface area contributed by atoms with E-state index < -0.39 is 23.5 Å². The van der Waals surface area contributed by atoms with Crippen LogP contribution in [0.1, 0.15) is 41.1 Å². The van der Waals surface area contributed by atoms with E-state index in [1.54, 1.807) is 0 Å². The van der Waals surface area contributed by atoms with E-state index >= 15 is 0 Å². The summed E-state index contributed by atoms with van der Waals surface area (Å²) in [4.78, 5) is 8.10. The first-order valence-corrected chi connectivity index (χ1v) is 8.05. The lowest BCUT2D eigenvalue weighted by Crippen LogP contribution is -2.16. The smallest absolute Gasteiger partial charge is 0.383 e. The maximum Gasteiger partial charge on any atom is 0.416 e. The van der Waals surface area contributed by atoms with Gasteiger partial charge in [-0.1, -0.05) is 12.0 Å². The van der Waals surface area contributed by atoms with Crippen LogP contribution >= 0.6 is 0 Å². The molecule has 1 aromatic heterocycles. The highest BCUT2D eigenvalue weighted by Crippen LogP contribution is 2.35. The number of terminal acetylenes is 1. The van der Waals surface area contributed by atoms with Gasteiger partial charge in [-0.2, -0.15) is 31.3 Å². The summed E-state index contributed by atoms with van der Waals surface area (Å²) in [5.41, 5.74) is 10.5. The van der Waals surface area contributed by atoms with Crippen molar-refractivity contribution in [1.29, 1.82) is 0 Å². The maximum atomic E-state index is 12.0. The molecule has 0 bridgehead atoms. The van der Waals surface area contributed by atoms with Crippen molar-refractivity contribution in [3.8, 4) is 12.3 Å². The lowest BCUT2D eigenvalue weighted by molar-refractivity contribution is -0.143. The fourth-order valence-corrected chi connectivity index (χ4v) is 2.78. The number of anilines is 2. The third-order valence-electron chi connectivity index (χ3n) is 4.04. The SMILES string of the molecule is C#CC1CCCc2nc(N)nc(N)c21.FC(F)(F)c1cccc(C(F)(F)F)c1. The van der Waals surface area contributed by atoms with Crippen molar-refractivity contribution in [1.82, 2.24) is 9.97 Å². The molecule has 0 aliphatic heterocycles. The van der Waals surface area contributed by atoms with Crippen molar-refractivity contribution in [3.63, 3.8) is 0 Å². The topological polar surface area (TPSA) is 77.8 Å². The first-order valence-electron chi connectivity index (χ1n) is 8.05. The van der Waals surface area contributed by atoms with Crippen LogP contribution in [-0.4, -0.2) is 9.97 Å². The summed E-state index contributed by atoms with van der Waals surface area (Å²) < 4.78 is 71.9. The molecule has 150 valence electrons. The summed E-state index contributed by atoms with van der Waals surface area (Å²) in [5, 5.41) is 0.